The Kier molecular flexibility index (Phi) is 12.5. The van der Waals surface area contributed by atoms with Crippen molar-refractivity contribution in [3.05, 3.63) is 64.7 Å². The first kappa shape index (κ1) is 40.5. The number of carbonyl (C=O) groups is 1. The van der Waals surface area contributed by atoms with Gasteiger partial charge >= 0.3 is 0 Å². The second-order valence-electron chi connectivity index (χ2n) is 16.9. The van der Waals surface area contributed by atoms with Crippen LogP contribution in [0.4, 0.5) is 5.69 Å². The maximum Gasteiger partial charge on any atom is 0.264 e. The lowest BCUT2D eigenvalue weighted by Crippen LogP contribution is -2.54. The number of halogens is 1. The second-order valence-corrected chi connectivity index (χ2v) is 19.0. The molecule has 3 aliphatic heterocycles. The van der Waals surface area contributed by atoms with E-state index in [1.807, 2.05) is 18.0 Å². The van der Waals surface area contributed by atoms with Gasteiger partial charge in [0.25, 0.3) is 15.9 Å². The molecule has 1 spiro atoms. The second kappa shape index (κ2) is 17.0. The van der Waals surface area contributed by atoms with Crippen LogP contribution in [0.25, 0.3) is 0 Å². The molecule has 302 valence electrons. The average Bonchev–Trinajstić information content (AvgIpc) is 3.46. The molecular weight excluding hydrogens is 738 g/mol. The summed E-state index contributed by atoms with van der Waals surface area (Å²) in [6.07, 6.45) is 10.4. The van der Waals surface area contributed by atoms with E-state index < -0.39 is 21.5 Å². The van der Waals surface area contributed by atoms with E-state index in [9.17, 15) is 13.2 Å². The Labute approximate surface area is 333 Å². The van der Waals surface area contributed by atoms with E-state index in [1.54, 1.807) is 39.2 Å². The molecule has 1 amide bonds. The molecule has 55 heavy (non-hydrogen) atoms. The van der Waals surface area contributed by atoms with Crippen LogP contribution in [-0.2, 0) is 36.1 Å². The van der Waals surface area contributed by atoms with Gasteiger partial charge in [0.2, 0.25) is 0 Å². The fourth-order valence-corrected chi connectivity index (χ4v) is 10.5. The maximum atomic E-state index is 13.9. The summed E-state index contributed by atoms with van der Waals surface area (Å²) < 4.78 is 48.9. The number of carbonyl (C=O) groups excluding carboxylic acids is 1. The molecule has 2 fully saturated rings. The van der Waals surface area contributed by atoms with Crippen LogP contribution in [0.2, 0.25) is 5.02 Å². The molecule has 0 aromatic heterocycles. The molecule has 0 radical (unpaired) electrons. The van der Waals surface area contributed by atoms with Crippen LogP contribution in [-0.4, -0.2) is 134 Å². The molecule has 4 atom stereocenters. The fraction of sp³-hybridized carbons (Fsp3) is 0.643. The summed E-state index contributed by atoms with van der Waals surface area (Å²) in [7, 11) is -0.563. The predicted molar refractivity (Wildman–Crippen MR) is 217 cm³/mol. The highest BCUT2D eigenvalue weighted by Gasteiger charge is 2.45. The highest BCUT2D eigenvalue weighted by molar-refractivity contribution is 7.90. The van der Waals surface area contributed by atoms with Gasteiger partial charge in [0, 0.05) is 63.4 Å². The van der Waals surface area contributed by atoms with Gasteiger partial charge in [-0.3, -0.25) is 19.5 Å². The zero-order chi connectivity index (χ0) is 38.8. The van der Waals surface area contributed by atoms with E-state index >= 15 is 0 Å². The molecule has 0 unspecified atom stereocenters. The summed E-state index contributed by atoms with van der Waals surface area (Å²) in [4.78, 5) is 23.0. The van der Waals surface area contributed by atoms with Crippen molar-refractivity contribution in [2.45, 2.75) is 74.3 Å². The zero-order valence-electron chi connectivity index (χ0n) is 33.1. The minimum Gasteiger partial charge on any atom is -0.490 e. The molecule has 13 heteroatoms. The van der Waals surface area contributed by atoms with Crippen molar-refractivity contribution >= 4 is 33.2 Å². The normalized spacial score (nSPS) is 29.5. The van der Waals surface area contributed by atoms with E-state index in [2.05, 4.69) is 43.7 Å². The van der Waals surface area contributed by atoms with Gasteiger partial charge in [0.1, 0.15) is 5.75 Å². The molecule has 1 saturated carbocycles. The van der Waals surface area contributed by atoms with Gasteiger partial charge in [-0.15, -0.1) is 0 Å². The number of methoxy groups -OCH3 is 1. The van der Waals surface area contributed by atoms with E-state index in [4.69, 9.17) is 25.8 Å². The first-order valence-corrected chi connectivity index (χ1v) is 22.1. The standard InChI is InChI=1S/C42H60ClN5O6S/c1-41(2)40(49)44-55(50,51)34-12-15-39-37(27-34)48(29-42(30-54-39)16-5-8-31-26-33(43)11-14-36(31)42)28-32-10-13-35(32)38(9-6-17-45(41)3)53-25-23-47-19-7-18-46(20-21-47)22-24-52-4/h6,9,11-12,14-15,26-27,32,35,38H,5,7-8,10,13,16-25,28-30H2,1-4H3,(H,44,49)/b9-6-/t32-,35+,38-,42-/m0/s1. The Morgan fingerprint density at radius 2 is 1.78 bits per heavy atom. The van der Waals surface area contributed by atoms with Gasteiger partial charge in [0.15, 0.2) is 0 Å². The Hall–Kier alpha value is -2.71. The molecular formula is C42H60ClN5O6S. The molecule has 1 saturated heterocycles. The number of nitrogens with zero attached hydrogens (tertiary/aromatic N) is 4. The SMILES string of the molecule is COCCN1CCCN(CCO[C@H]2/C=C\CN(C)C(C)(C)C(=O)NS(=O)(=O)c3ccc4c(c3)N(C[C@@H]3CC[C@H]32)C[C@@]2(CCCc3cc(Cl)ccc32)CO4)CC1. The minimum atomic E-state index is -4.18. The molecule has 3 heterocycles. The van der Waals surface area contributed by atoms with Crippen LogP contribution in [0.5, 0.6) is 5.75 Å². The number of benzene rings is 2. The van der Waals surface area contributed by atoms with Crippen LogP contribution >= 0.6 is 11.6 Å². The lowest BCUT2D eigenvalue weighted by molar-refractivity contribution is -0.128. The Balaban J connectivity index is 1.18. The van der Waals surface area contributed by atoms with Crippen molar-refractivity contribution < 1.29 is 27.4 Å². The molecule has 7 rings (SSSR count). The number of nitrogens with one attached hydrogen (secondary N) is 1. The number of anilines is 1. The molecule has 2 aromatic rings. The third-order valence-corrected chi connectivity index (χ3v) is 14.7. The van der Waals surface area contributed by atoms with Gasteiger partial charge in [-0.25, -0.2) is 13.1 Å². The number of aryl methyl sites for hydroxylation is 1. The van der Waals surface area contributed by atoms with Crippen LogP contribution in [0.1, 0.15) is 57.1 Å². The first-order valence-electron chi connectivity index (χ1n) is 20.2. The van der Waals surface area contributed by atoms with Crippen molar-refractivity contribution in [2.24, 2.45) is 11.8 Å². The highest BCUT2D eigenvalue weighted by Crippen LogP contribution is 2.47. The number of rotatable bonds is 7. The number of amides is 1. The Morgan fingerprint density at radius 3 is 2.53 bits per heavy atom. The quantitative estimate of drug-likeness (QED) is 0.387. The summed E-state index contributed by atoms with van der Waals surface area (Å²) in [5, 5.41) is 0.737. The van der Waals surface area contributed by atoms with Crippen LogP contribution in [0, 0.1) is 11.8 Å². The summed E-state index contributed by atoms with van der Waals surface area (Å²) in [6, 6.07) is 11.3. The summed E-state index contributed by atoms with van der Waals surface area (Å²) >= 11 is 6.49. The monoisotopic (exact) mass is 797 g/mol. The number of fused-ring (bicyclic) bond motifs is 4. The third-order valence-electron chi connectivity index (χ3n) is 13.1. The fourth-order valence-electron chi connectivity index (χ4n) is 9.19. The van der Waals surface area contributed by atoms with Gasteiger partial charge < -0.3 is 19.1 Å². The number of sulfonamides is 1. The molecule has 1 N–H and O–H groups in total. The third kappa shape index (κ3) is 8.91. The molecule has 5 aliphatic rings. The van der Waals surface area contributed by atoms with Gasteiger partial charge in [0.05, 0.1) is 42.0 Å². The van der Waals surface area contributed by atoms with Gasteiger partial charge in [-0.05, 0) is 126 Å². The van der Waals surface area contributed by atoms with Crippen LogP contribution < -0.4 is 14.4 Å². The Morgan fingerprint density at radius 1 is 1.00 bits per heavy atom. The zero-order valence-corrected chi connectivity index (χ0v) is 34.7. The smallest absolute Gasteiger partial charge is 0.264 e. The lowest BCUT2D eigenvalue weighted by Gasteiger charge is -2.46. The highest BCUT2D eigenvalue weighted by atomic mass is 35.5. The predicted octanol–water partition coefficient (Wildman–Crippen LogP) is 4.96. The summed E-state index contributed by atoms with van der Waals surface area (Å²) in [6.45, 7) is 13.4. The van der Waals surface area contributed by atoms with Crippen LogP contribution in [0.3, 0.4) is 0 Å². The van der Waals surface area contributed by atoms with Gasteiger partial charge in [-0.1, -0.05) is 29.8 Å². The largest absolute Gasteiger partial charge is 0.490 e. The summed E-state index contributed by atoms with van der Waals surface area (Å²) in [5.41, 5.74) is 1.88. The van der Waals surface area contributed by atoms with E-state index in [-0.39, 0.29) is 16.4 Å². The molecule has 11 nitrogen and oxygen atoms in total. The van der Waals surface area contributed by atoms with Crippen molar-refractivity contribution in [1.29, 1.82) is 0 Å². The van der Waals surface area contributed by atoms with Crippen molar-refractivity contribution in [3.8, 4) is 5.75 Å². The molecule has 2 aromatic carbocycles. The number of hydrogen-bond acceptors (Lipinski definition) is 10. The average molecular weight is 798 g/mol. The maximum absolute atomic E-state index is 13.9. The Bertz CT molecular complexity index is 1820. The van der Waals surface area contributed by atoms with E-state index in [0.717, 1.165) is 102 Å². The number of hydrogen-bond donors (Lipinski definition) is 1. The molecule has 2 bridgehead atoms. The minimum absolute atomic E-state index is 0.0483. The molecule has 2 aliphatic carbocycles. The van der Waals surface area contributed by atoms with Gasteiger partial charge in [-0.2, -0.15) is 0 Å². The van der Waals surface area contributed by atoms with E-state index in [0.29, 0.717) is 43.9 Å². The summed E-state index contributed by atoms with van der Waals surface area (Å²) in [5.74, 6) is 0.708. The first-order chi connectivity index (χ1) is 26.4. The number of ether oxygens (including phenoxy) is 3. The van der Waals surface area contributed by atoms with E-state index in [1.165, 1.54) is 11.1 Å². The van der Waals surface area contributed by atoms with Crippen molar-refractivity contribution in [1.82, 2.24) is 19.4 Å². The van der Waals surface area contributed by atoms with Crippen molar-refractivity contribution in [2.75, 3.05) is 97.8 Å². The van der Waals surface area contributed by atoms with Crippen LogP contribution in [0.15, 0.2) is 53.4 Å². The van der Waals surface area contributed by atoms with Crippen molar-refractivity contribution in [3.63, 3.8) is 0 Å². The lowest BCUT2D eigenvalue weighted by atomic mass is 9.68. The number of likely N-dealkylation sites (N-methyl/N-ethyl adjacent to an activating group) is 1. The topological polar surface area (TPSA) is 104 Å².